The van der Waals surface area contributed by atoms with E-state index in [2.05, 4.69) is 18.2 Å². The highest BCUT2D eigenvalue weighted by Crippen LogP contribution is 2.24. The number of allylic oxidation sites excluding steroid dienone is 3. The Labute approximate surface area is 154 Å². The first kappa shape index (κ1) is 17.8. The molecule has 1 N–H and O–H groups in total. The van der Waals surface area contributed by atoms with Crippen molar-refractivity contribution in [1.82, 2.24) is 4.90 Å². The number of hydrogen-bond acceptors (Lipinski definition) is 3. The van der Waals surface area contributed by atoms with Crippen LogP contribution < -0.4 is 4.74 Å². The highest BCUT2D eigenvalue weighted by Gasteiger charge is 2.16. The number of nitrogens with zero attached hydrogens (tertiary/aromatic N) is 1. The van der Waals surface area contributed by atoms with E-state index in [1.165, 1.54) is 0 Å². The molecule has 0 saturated carbocycles. The average Bonchev–Trinajstić information content (AvgIpc) is 2.66. The zero-order chi connectivity index (χ0) is 18.4. The monoisotopic (exact) mass is 349 g/mol. The van der Waals surface area contributed by atoms with Crippen LogP contribution >= 0.6 is 0 Å². The minimum absolute atomic E-state index is 0.419. The first-order chi connectivity index (χ1) is 12.6. The Morgan fingerprint density at radius 3 is 2.50 bits per heavy atom. The van der Waals surface area contributed by atoms with E-state index >= 15 is 0 Å². The van der Waals surface area contributed by atoms with Gasteiger partial charge in [-0.3, -0.25) is 0 Å². The van der Waals surface area contributed by atoms with Gasteiger partial charge in [-0.15, -0.1) is 0 Å². The zero-order valence-corrected chi connectivity index (χ0v) is 14.9. The Balaban J connectivity index is 1.64. The van der Waals surface area contributed by atoms with Crippen molar-refractivity contribution in [2.24, 2.45) is 0 Å². The number of carboxylic acid groups (broad SMARTS) is 1. The Morgan fingerprint density at radius 2 is 1.77 bits per heavy atom. The van der Waals surface area contributed by atoms with Crippen LogP contribution in [0.5, 0.6) is 5.75 Å². The summed E-state index contributed by atoms with van der Waals surface area (Å²) in [6, 6.07) is 18.2. The van der Waals surface area contributed by atoms with E-state index < -0.39 is 5.97 Å². The molecule has 0 radical (unpaired) electrons. The molecule has 0 saturated heterocycles. The number of aliphatic carboxylic acids is 1. The molecule has 3 rings (SSSR count). The standard InChI is InChI=1S/C22H23NO3/c1-23-15-19(22(24)25)12-14-20(23)13-11-18-9-5-6-10-21(18)26-16-17-7-3-2-4-8-17/h2-10,12,14H,11,13,15-16H2,1H3,(H,24,25). The molecule has 1 aliphatic heterocycles. The quantitative estimate of drug-likeness (QED) is 0.820. The summed E-state index contributed by atoms with van der Waals surface area (Å²) >= 11 is 0. The van der Waals surface area contributed by atoms with Crippen LogP contribution in [0.3, 0.4) is 0 Å². The number of rotatable bonds is 7. The third-order valence-electron chi connectivity index (χ3n) is 4.51. The minimum Gasteiger partial charge on any atom is -0.489 e. The van der Waals surface area contributed by atoms with Gasteiger partial charge in [0.25, 0.3) is 0 Å². The molecule has 4 nitrogen and oxygen atoms in total. The molecule has 4 heteroatoms. The highest BCUT2D eigenvalue weighted by molar-refractivity contribution is 5.87. The Morgan fingerprint density at radius 1 is 1.04 bits per heavy atom. The summed E-state index contributed by atoms with van der Waals surface area (Å²) in [6.45, 7) is 0.985. The van der Waals surface area contributed by atoms with Gasteiger partial charge in [0.1, 0.15) is 12.4 Å². The van der Waals surface area contributed by atoms with E-state index in [9.17, 15) is 4.79 Å². The number of carboxylic acids is 1. The van der Waals surface area contributed by atoms with Crippen LogP contribution in [0.1, 0.15) is 17.5 Å². The largest absolute Gasteiger partial charge is 0.489 e. The summed E-state index contributed by atoms with van der Waals surface area (Å²) in [5.74, 6) is 0.0454. The van der Waals surface area contributed by atoms with Crippen LogP contribution in [0.25, 0.3) is 0 Å². The fourth-order valence-electron chi connectivity index (χ4n) is 3.00. The van der Waals surface area contributed by atoms with Crippen LogP contribution in [-0.4, -0.2) is 29.6 Å². The fourth-order valence-corrected chi connectivity index (χ4v) is 3.00. The van der Waals surface area contributed by atoms with Crippen molar-refractivity contribution in [3.05, 3.63) is 89.1 Å². The number of para-hydroxylation sites is 1. The molecule has 0 unspecified atom stereocenters. The molecule has 0 amide bonds. The van der Waals surface area contributed by atoms with Gasteiger partial charge >= 0.3 is 5.97 Å². The molecule has 1 heterocycles. The molecule has 1 aliphatic rings. The zero-order valence-electron chi connectivity index (χ0n) is 14.9. The first-order valence-electron chi connectivity index (χ1n) is 8.72. The Bertz CT molecular complexity index is 824. The summed E-state index contributed by atoms with van der Waals surface area (Å²) in [6.07, 6.45) is 5.29. The van der Waals surface area contributed by atoms with Gasteiger partial charge in [-0.05, 0) is 42.2 Å². The van der Waals surface area contributed by atoms with Crippen molar-refractivity contribution < 1.29 is 14.6 Å². The molecule has 0 aliphatic carbocycles. The maximum atomic E-state index is 11.1. The molecule has 2 aromatic carbocycles. The first-order valence-corrected chi connectivity index (χ1v) is 8.72. The van der Waals surface area contributed by atoms with E-state index in [0.717, 1.165) is 35.4 Å². The lowest BCUT2D eigenvalue weighted by atomic mass is 10.0. The molecule has 0 fully saturated rings. The highest BCUT2D eigenvalue weighted by atomic mass is 16.5. The predicted octanol–water partition coefficient (Wildman–Crippen LogP) is 4.04. The number of carbonyl (C=O) groups is 1. The smallest absolute Gasteiger partial charge is 0.333 e. The second-order valence-electron chi connectivity index (χ2n) is 6.39. The topological polar surface area (TPSA) is 49.8 Å². The molecule has 0 spiro atoms. The number of aryl methyl sites for hydroxylation is 1. The molecular weight excluding hydrogens is 326 g/mol. The van der Waals surface area contributed by atoms with Crippen LogP contribution in [0.2, 0.25) is 0 Å². The molecule has 134 valence electrons. The van der Waals surface area contributed by atoms with E-state index in [1.54, 1.807) is 6.08 Å². The van der Waals surface area contributed by atoms with Crippen LogP contribution in [-0.2, 0) is 17.8 Å². The van der Waals surface area contributed by atoms with Gasteiger partial charge in [-0.25, -0.2) is 4.79 Å². The number of ether oxygens (including phenoxy) is 1. The molecule has 2 aromatic rings. The minimum atomic E-state index is -0.855. The van der Waals surface area contributed by atoms with Crippen molar-refractivity contribution in [2.45, 2.75) is 19.4 Å². The Hall–Kier alpha value is -3.01. The van der Waals surface area contributed by atoms with Crippen LogP contribution in [0.4, 0.5) is 0 Å². The Kier molecular flexibility index (Phi) is 5.74. The van der Waals surface area contributed by atoms with E-state index in [0.29, 0.717) is 18.7 Å². The van der Waals surface area contributed by atoms with E-state index in [4.69, 9.17) is 9.84 Å². The van der Waals surface area contributed by atoms with Crippen molar-refractivity contribution in [2.75, 3.05) is 13.6 Å². The second-order valence-corrected chi connectivity index (χ2v) is 6.39. The normalized spacial score (nSPS) is 13.8. The fraction of sp³-hybridized carbons (Fsp3) is 0.227. The molecule has 0 atom stereocenters. The molecule has 0 aromatic heterocycles. The van der Waals surface area contributed by atoms with Crippen molar-refractivity contribution >= 4 is 5.97 Å². The lowest BCUT2D eigenvalue weighted by Gasteiger charge is -2.26. The third-order valence-corrected chi connectivity index (χ3v) is 4.51. The van der Waals surface area contributed by atoms with E-state index in [-0.39, 0.29) is 0 Å². The van der Waals surface area contributed by atoms with Gasteiger partial charge in [0.2, 0.25) is 0 Å². The van der Waals surface area contributed by atoms with Gasteiger partial charge < -0.3 is 14.7 Å². The average molecular weight is 349 g/mol. The van der Waals surface area contributed by atoms with Crippen LogP contribution in [0, 0.1) is 0 Å². The predicted molar refractivity (Wildman–Crippen MR) is 102 cm³/mol. The summed E-state index contributed by atoms with van der Waals surface area (Å²) in [5, 5.41) is 9.10. The van der Waals surface area contributed by atoms with Gasteiger partial charge in [0.15, 0.2) is 0 Å². The summed E-state index contributed by atoms with van der Waals surface area (Å²) in [7, 11) is 1.93. The lowest BCUT2D eigenvalue weighted by Crippen LogP contribution is -2.26. The van der Waals surface area contributed by atoms with Gasteiger partial charge in [-0.2, -0.15) is 0 Å². The molecular formula is C22H23NO3. The second kappa shape index (κ2) is 8.39. The van der Waals surface area contributed by atoms with Crippen LogP contribution in [0.15, 0.2) is 78.0 Å². The van der Waals surface area contributed by atoms with Gasteiger partial charge in [-0.1, -0.05) is 48.5 Å². The van der Waals surface area contributed by atoms with Crippen molar-refractivity contribution in [3.8, 4) is 5.75 Å². The van der Waals surface area contributed by atoms with Gasteiger partial charge in [0.05, 0.1) is 5.57 Å². The lowest BCUT2D eigenvalue weighted by molar-refractivity contribution is -0.132. The van der Waals surface area contributed by atoms with Gasteiger partial charge in [0, 0.05) is 19.3 Å². The molecule has 0 bridgehead atoms. The summed E-state index contributed by atoms with van der Waals surface area (Å²) < 4.78 is 6.02. The maximum absolute atomic E-state index is 11.1. The summed E-state index contributed by atoms with van der Waals surface area (Å²) in [5.41, 5.74) is 3.85. The number of hydrogen-bond donors (Lipinski definition) is 1. The molecule has 26 heavy (non-hydrogen) atoms. The third kappa shape index (κ3) is 4.54. The van der Waals surface area contributed by atoms with E-state index in [1.807, 2.05) is 54.4 Å². The number of likely N-dealkylation sites (N-methyl/N-ethyl adjacent to an activating group) is 1. The summed E-state index contributed by atoms with van der Waals surface area (Å²) in [4.78, 5) is 13.1. The number of benzene rings is 2. The maximum Gasteiger partial charge on any atom is 0.333 e. The SMILES string of the molecule is CN1CC(C(=O)O)=CC=C1CCc1ccccc1OCc1ccccc1. The van der Waals surface area contributed by atoms with Crippen molar-refractivity contribution in [3.63, 3.8) is 0 Å². The van der Waals surface area contributed by atoms with Crippen molar-refractivity contribution in [1.29, 1.82) is 0 Å².